The number of hydrogen-bond acceptors (Lipinski definition) is 2. The van der Waals surface area contributed by atoms with E-state index >= 15 is 0 Å². The lowest BCUT2D eigenvalue weighted by atomic mass is 9.82. The van der Waals surface area contributed by atoms with Crippen LogP contribution in [-0.2, 0) is 4.43 Å². The molecule has 0 aliphatic heterocycles. The van der Waals surface area contributed by atoms with Gasteiger partial charge >= 0.3 is 0 Å². The fourth-order valence-electron chi connectivity index (χ4n) is 2.33. The maximum atomic E-state index is 5.81. The average Bonchev–Trinajstić information content (AvgIpc) is 2.32. The summed E-state index contributed by atoms with van der Waals surface area (Å²) in [6, 6.07) is 0. The predicted octanol–water partition coefficient (Wildman–Crippen LogP) is 3.75. The van der Waals surface area contributed by atoms with Crippen molar-refractivity contribution in [3.05, 3.63) is 0 Å². The molecule has 0 bridgehead atoms. The monoisotopic (exact) mass is 276 g/mol. The first kappa shape index (κ1) is 17.5. The van der Waals surface area contributed by atoms with Gasteiger partial charge in [-0.1, -0.05) is 39.0 Å². The van der Waals surface area contributed by atoms with Crippen molar-refractivity contribution in [2.45, 2.75) is 77.7 Å². The summed E-state index contributed by atoms with van der Waals surface area (Å²) in [5.74, 6) is 1.75. The SMILES string of the molecule is CCCCCCC(CCCCS)C(C)(C)O[SiH3]. The molecule has 0 heterocycles. The minimum Gasteiger partial charge on any atom is -0.423 e. The van der Waals surface area contributed by atoms with E-state index in [0.717, 1.165) is 22.2 Å². The summed E-state index contributed by atoms with van der Waals surface area (Å²) in [6.45, 7) is 6.81. The highest BCUT2D eigenvalue weighted by atomic mass is 32.1. The Kier molecular flexibility index (Phi) is 10.8. The largest absolute Gasteiger partial charge is 0.423 e. The van der Waals surface area contributed by atoms with Crippen LogP contribution >= 0.6 is 12.6 Å². The highest BCUT2D eigenvalue weighted by molar-refractivity contribution is 7.80. The molecule has 0 aromatic carbocycles. The first-order valence-electron chi connectivity index (χ1n) is 7.24. The number of thiol groups is 1. The molecule has 0 radical (unpaired) electrons. The van der Waals surface area contributed by atoms with E-state index in [9.17, 15) is 0 Å². The van der Waals surface area contributed by atoms with Gasteiger partial charge < -0.3 is 4.43 Å². The van der Waals surface area contributed by atoms with Crippen molar-refractivity contribution in [3.63, 3.8) is 0 Å². The fraction of sp³-hybridized carbons (Fsp3) is 1.00. The van der Waals surface area contributed by atoms with Crippen LogP contribution in [0.5, 0.6) is 0 Å². The van der Waals surface area contributed by atoms with Crippen molar-refractivity contribution < 1.29 is 4.43 Å². The molecular formula is C14H32OSSi. The number of unbranched alkanes of at least 4 members (excludes halogenated alkanes) is 4. The first-order valence-corrected chi connectivity index (χ1v) is 8.69. The lowest BCUT2D eigenvalue weighted by molar-refractivity contribution is 0.0412. The zero-order valence-electron chi connectivity index (χ0n) is 12.3. The van der Waals surface area contributed by atoms with E-state index in [1.807, 2.05) is 0 Å². The molecule has 0 saturated carbocycles. The second kappa shape index (κ2) is 10.4. The molecule has 3 heteroatoms. The lowest BCUT2D eigenvalue weighted by Crippen LogP contribution is -2.34. The molecule has 0 saturated heterocycles. The summed E-state index contributed by atoms with van der Waals surface area (Å²) in [5.41, 5.74) is 0.0923. The van der Waals surface area contributed by atoms with Crippen molar-refractivity contribution in [2.24, 2.45) is 5.92 Å². The minimum atomic E-state index is 0.0923. The molecule has 0 aromatic rings. The highest BCUT2D eigenvalue weighted by Crippen LogP contribution is 2.30. The second-order valence-corrected chi connectivity index (χ2v) is 6.43. The van der Waals surface area contributed by atoms with Crippen LogP contribution in [0.25, 0.3) is 0 Å². The van der Waals surface area contributed by atoms with Crippen LogP contribution in [0.4, 0.5) is 0 Å². The molecule has 104 valence electrons. The third-order valence-electron chi connectivity index (χ3n) is 3.88. The Bertz CT molecular complexity index is 174. The topological polar surface area (TPSA) is 9.23 Å². The van der Waals surface area contributed by atoms with Gasteiger partial charge in [-0.15, -0.1) is 0 Å². The molecule has 1 nitrogen and oxygen atoms in total. The molecule has 0 aromatic heterocycles. The van der Waals surface area contributed by atoms with Crippen LogP contribution in [0.15, 0.2) is 0 Å². The molecular weight excluding hydrogens is 244 g/mol. The van der Waals surface area contributed by atoms with E-state index in [4.69, 9.17) is 4.43 Å². The molecule has 0 spiro atoms. The van der Waals surface area contributed by atoms with Gasteiger partial charge in [0.25, 0.3) is 0 Å². The van der Waals surface area contributed by atoms with Crippen LogP contribution in [0.1, 0.15) is 72.1 Å². The Balaban J connectivity index is 4.02. The van der Waals surface area contributed by atoms with Crippen LogP contribution in [0, 0.1) is 5.92 Å². The van der Waals surface area contributed by atoms with Crippen molar-refractivity contribution in [2.75, 3.05) is 5.75 Å². The van der Waals surface area contributed by atoms with Gasteiger partial charge in [-0.2, -0.15) is 12.6 Å². The molecule has 0 aliphatic rings. The molecule has 0 N–H and O–H groups in total. The van der Waals surface area contributed by atoms with Crippen LogP contribution in [-0.4, -0.2) is 21.8 Å². The van der Waals surface area contributed by atoms with Gasteiger partial charge in [-0.25, -0.2) is 0 Å². The summed E-state index contributed by atoms with van der Waals surface area (Å²) in [7, 11) is 0.850. The Labute approximate surface area is 117 Å². The van der Waals surface area contributed by atoms with Gasteiger partial charge in [0.15, 0.2) is 0 Å². The van der Waals surface area contributed by atoms with Crippen molar-refractivity contribution >= 4 is 23.1 Å². The Morgan fingerprint density at radius 3 is 2.12 bits per heavy atom. The molecule has 0 amide bonds. The summed E-state index contributed by atoms with van der Waals surface area (Å²) < 4.78 is 5.81. The zero-order chi connectivity index (χ0) is 13.1. The minimum absolute atomic E-state index is 0.0923. The molecule has 0 fully saturated rings. The quantitative estimate of drug-likeness (QED) is 0.343. The fourth-order valence-corrected chi connectivity index (χ4v) is 2.88. The van der Waals surface area contributed by atoms with Gasteiger partial charge in [0.05, 0.1) is 5.60 Å². The van der Waals surface area contributed by atoms with Crippen LogP contribution in [0.2, 0.25) is 0 Å². The summed E-state index contributed by atoms with van der Waals surface area (Å²) >= 11 is 4.29. The van der Waals surface area contributed by atoms with Crippen molar-refractivity contribution in [1.29, 1.82) is 0 Å². The van der Waals surface area contributed by atoms with Gasteiger partial charge in [0.1, 0.15) is 10.5 Å². The Morgan fingerprint density at radius 1 is 1.06 bits per heavy atom. The number of hydrogen-bond donors (Lipinski definition) is 1. The summed E-state index contributed by atoms with van der Waals surface area (Å²) in [6.07, 6.45) is 10.6. The van der Waals surface area contributed by atoms with E-state index in [0.29, 0.717) is 0 Å². The van der Waals surface area contributed by atoms with Gasteiger partial charge in [-0.3, -0.25) is 0 Å². The Morgan fingerprint density at radius 2 is 1.65 bits per heavy atom. The third kappa shape index (κ3) is 8.28. The maximum Gasteiger partial charge on any atom is 0.146 e. The molecule has 0 aliphatic carbocycles. The lowest BCUT2D eigenvalue weighted by Gasteiger charge is -2.34. The summed E-state index contributed by atoms with van der Waals surface area (Å²) in [4.78, 5) is 0. The second-order valence-electron chi connectivity index (χ2n) is 5.57. The molecule has 0 rings (SSSR count). The highest BCUT2D eigenvalue weighted by Gasteiger charge is 2.27. The summed E-state index contributed by atoms with van der Waals surface area (Å²) in [5, 5.41) is 0. The molecule has 1 atom stereocenters. The Hall–Kier alpha value is 0.527. The standard InChI is InChI=1S/C14H32OSSi/c1-4-5-6-7-10-13(11-8-9-12-16)14(2,3)15-17/h13,16H,4-12H2,1-3,17H3. The van der Waals surface area contributed by atoms with E-state index in [1.54, 1.807) is 0 Å². The van der Waals surface area contributed by atoms with E-state index in [1.165, 1.54) is 51.4 Å². The normalized spacial score (nSPS) is 14.1. The first-order chi connectivity index (χ1) is 8.08. The smallest absolute Gasteiger partial charge is 0.146 e. The van der Waals surface area contributed by atoms with Gasteiger partial charge in [-0.05, 0) is 44.8 Å². The number of rotatable bonds is 11. The third-order valence-corrected chi connectivity index (χ3v) is 5.24. The molecule has 1 unspecified atom stereocenters. The van der Waals surface area contributed by atoms with E-state index in [2.05, 4.69) is 33.4 Å². The van der Waals surface area contributed by atoms with Crippen molar-refractivity contribution in [3.8, 4) is 0 Å². The zero-order valence-corrected chi connectivity index (χ0v) is 15.2. The van der Waals surface area contributed by atoms with E-state index < -0.39 is 0 Å². The average molecular weight is 277 g/mol. The van der Waals surface area contributed by atoms with Crippen LogP contribution in [0.3, 0.4) is 0 Å². The van der Waals surface area contributed by atoms with Crippen molar-refractivity contribution in [1.82, 2.24) is 0 Å². The van der Waals surface area contributed by atoms with Gasteiger partial charge in [0.2, 0.25) is 0 Å². The predicted molar refractivity (Wildman–Crippen MR) is 85.1 cm³/mol. The van der Waals surface area contributed by atoms with Gasteiger partial charge in [0, 0.05) is 0 Å². The van der Waals surface area contributed by atoms with Crippen LogP contribution < -0.4 is 0 Å². The molecule has 17 heavy (non-hydrogen) atoms. The van der Waals surface area contributed by atoms with E-state index in [-0.39, 0.29) is 5.60 Å². The maximum absolute atomic E-state index is 5.81.